The highest BCUT2D eigenvalue weighted by atomic mass is 16.1. The average Bonchev–Trinajstić information content (AvgIpc) is 3.15. The Kier molecular flexibility index (Phi) is 4.42. The number of hydrogen-bond donors (Lipinski definition) is 1. The second kappa shape index (κ2) is 7.03. The maximum atomic E-state index is 12.8. The molecule has 134 valence electrons. The maximum absolute atomic E-state index is 12.8. The second-order valence-corrected chi connectivity index (χ2v) is 6.53. The van der Waals surface area contributed by atoms with Gasteiger partial charge in [-0.05, 0) is 19.4 Å². The lowest BCUT2D eigenvalue weighted by atomic mass is 10.1. The van der Waals surface area contributed by atoms with Gasteiger partial charge in [0, 0.05) is 17.8 Å². The number of aromatic nitrogens is 3. The molecule has 1 amide bonds. The minimum absolute atomic E-state index is 0.0914. The third kappa shape index (κ3) is 3.31. The molecule has 5 nitrogen and oxygen atoms in total. The molecule has 0 aliphatic rings. The molecule has 2 aromatic carbocycles. The number of nitrogens with one attached hydrogen (secondary N) is 1. The van der Waals surface area contributed by atoms with Crippen LogP contribution in [0.1, 0.15) is 34.6 Å². The van der Waals surface area contributed by atoms with Gasteiger partial charge in [-0.25, -0.2) is 9.50 Å². The van der Waals surface area contributed by atoms with Crippen LogP contribution in [-0.2, 0) is 0 Å². The number of fused-ring (bicyclic) bond motifs is 1. The third-order valence-corrected chi connectivity index (χ3v) is 4.69. The summed E-state index contributed by atoms with van der Waals surface area (Å²) in [6.45, 7) is 3.86. The molecule has 0 radical (unpaired) electrons. The lowest BCUT2D eigenvalue weighted by Gasteiger charge is -2.15. The van der Waals surface area contributed by atoms with Crippen LogP contribution in [0.2, 0.25) is 0 Å². The van der Waals surface area contributed by atoms with Crippen molar-refractivity contribution in [2.45, 2.75) is 19.9 Å². The Bertz CT molecular complexity index is 1090. The largest absolute Gasteiger partial charge is 0.345 e. The maximum Gasteiger partial charge on any atom is 0.255 e. The predicted molar refractivity (Wildman–Crippen MR) is 105 cm³/mol. The number of hydrogen-bond acceptors (Lipinski definition) is 3. The summed E-state index contributed by atoms with van der Waals surface area (Å²) in [7, 11) is 0. The van der Waals surface area contributed by atoms with E-state index in [1.165, 1.54) is 0 Å². The molecule has 2 heterocycles. The fourth-order valence-electron chi connectivity index (χ4n) is 3.12. The molecule has 1 atom stereocenters. The van der Waals surface area contributed by atoms with Gasteiger partial charge in [0.05, 0.1) is 23.0 Å². The van der Waals surface area contributed by atoms with Crippen LogP contribution in [0, 0.1) is 6.92 Å². The summed E-state index contributed by atoms with van der Waals surface area (Å²) in [6, 6.07) is 21.7. The number of amides is 1. The molecule has 27 heavy (non-hydrogen) atoms. The summed E-state index contributed by atoms with van der Waals surface area (Å²) < 4.78 is 1.73. The third-order valence-electron chi connectivity index (χ3n) is 4.69. The summed E-state index contributed by atoms with van der Waals surface area (Å²) in [6.07, 6.45) is 1.62. The molecule has 4 rings (SSSR count). The van der Waals surface area contributed by atoms with Gasteiger partial charge in [0.15, 0.2) is 5.65 Å². The minimum atomic E-state index is -0.157. The van der Waals surface area contributed by atoms with Crippen LogP contribution in [0.5, 0.6) is 0 Å². The first kappa shape index (κ1) is 17.0. The molecule has 4 aromatic rings. The summed E-state index contributed by atoms with van der Waals surface area (Å²) in [4.78, 5) is 17.2. The molecule has 0 aliphatic heterocycles. The SMILES string of the molecule is Cc1c(C(=O)NC(C)c2ccccc2)cnc2cc(-c3ccccc3)nn12. The van der Waals surface area contributed by atoms with Gasteiger partial charge in [0.2, 0.25) is 0 Å². The first-order valence-electron chi connectivity index (χ1n) is 8.90. The summed E-state index contributed by atoms with van der Waals surface area (Å²) in [5.41, 5.74) is 4.92. The van der Waals surface area contributed by atoms with Crippen LogP contribution >= 0.6 is 0 Å². The minimum Gasteiger partial charge on any atom is -0.345 e. The zero-order chi connectivity index (χ0) is 18.8. The van der Waals surface area contributed by atoms with Crippen molar-refractivity contribution in [3.05, 3.63) is 89.7 Å². The van der Waals surface area contributed by atoms with Crippen LogP contribution in [0.3, 0.4) is 0 Å². The Morgan fingerprint density at radius 1 is 1.04 bits per heavy atom. The molecule has 0 saturated heterocycles. The van der Waals surface area contributed by atoms with Crippen molar-refractivity contribution in [1.29, 1.82) is 0 Å². The monoisotopic (exact) mass is 356 g/mol. The van der Waals surface area contributed by atoms with E-state index in [9.17, 15) is 4.79 Å². The van der Waals surface area contributed by atoms with E-state index in [-0.39, 0.29) is 11.9 Å². The van der Waals surface area contributed by atoms with Crippen LogP contribution in [0.25, 0.3) is 16.9 Å². The number of nitrogens with zero attached hydrogens (tertiary/aromatic N) is 3. The highest BCUT2D eigenvalue weighted by molar-refractivity contribution is 5.95. The lowest BCUT2D eigenvalue weighted by Crippen LogP contribution is -2.28. The average molecular weight is 356 g/mol. The van der Waals surface area contributed by atoms with Crippen molar-refractivity contribution >= 4 is 11.6 Å². The van der Waals surface area contributed by atoms with Gasteiger partial charge in [-0.3, -0.25) is 4.79 Å². The van der Waals surface area contributed by atoms with E-state index in [0.29, 0.717) is 5.56 Å². The molecule has 5 heteroatoms. The van der Waals surface area contributed by atoms with Gasteiger partial charge < -0.3 is 5.32 Å². The zero-order valence-corrected chi connectivity index (χ0v) is 15.3. The van der Waals surface area contributed by atoms with Gasteiger partial charge in [-0.2, -0.15) is 5.10 Å². The quantitative estimate of drug-likeness (QED) is 0.596. The Hall–Kier alpha value is -3.47. The van der Waals surface area contributed by atoms with Crippen molar-refractivity contribution in [2.75, 3.05) is 0 Å². The van der Waals surface area contributed by atoms with Gasteiger partial charge in [-0.15, -0.1) is 0 Å². The smallest absolute Gasteiger partial charge is 0.255 e. The normalized spacial score (nSPS) is 12.1. The van der Waals surface area contributed by atoms with Gasteiger partial charge in [0.25, 0.3) is 5.91 Å². The number of carbonyl (C=O) groups excluding carboxylic acids is 1. The van der Waals surface area contributed by atoms with Crippen molar-refractivity contribution in [1.82, 2.24) is 19.9 Å². The van der Waals surface area contributed by atoms with E-state index in [1.54, 1.807) is 10.7 Å². The van der Waals surface area contributed by atoms with Crippen molar-refractivity contribution in [2.24, 2.45) is 0 Å². The number of benzene rings is 2. The first-order valence-corrected chi connectivity index (χ1v) is 8.90. The number of aryl methyl sites for hydroxylation is 1. The predicted octanol–water partition coefficient (Wildman–Crippen LogP) is 4.20. The molecule has 0 aliphatic carbocycles. The standard InChI is InChI=1S/C22H20N4O/c1-15(17-9-5-3-6-10-17)24-22(27)19-14-23-21-13-20(25-26(21)16(19)2)18-11-7-4-8-12-18/h3-15H,1-2H3,(H,24,27). The molecular weight excluding hydrogens is 336 g/mol. The van der Waals surface area contributed by atoms with Crippen LogP contribution in [0.4, 0.5) is 0 Å². The summed E-state index contributed by atoms with van der Waals surface area (Å²) in [5, 5.41) is 7.67. The Balaban J connectivity index is 1.64. The fraction of sp³-hybridized carbons (Fsp3) is 0.136. The lowest BCUT2D eigenvalue weighted by molar-refractivity contribution is 0.0938. The number of carbonyl (C=O) groups is 1. The summed E-state index contributed by atoms with van der Waals surface area (Å²) in [5.74, 6) is -0.157. The molecule has 0 fully saturated rings. The van der Waals surface area contributed by atoms with Gasteiger partial charge in [0.1, 0.15) is 0 Å². The molecule has 2 aromatic heterocycles. The van der Waals surface area contributed by atoms with Crippen molar-refractivity contribution in [3.63, 3.8) is 0 Å². The zero-order valence-electron chi connectivity index (χ0n) is 15.3. The van der Waals surface area contributed by atoms with Crippen molar-refractivity contribution in [3.8, 4) is 11.3 Å². The molecule has 0 spiro atoms. The van der Waals surface area contributed by atoms with Gasteiger partial charge >= 0.3 is 0 Å². The molecular formula is C22H20N4O. The van der Waals surface area contributed by atoms with E-state index in [2.05, 4.69) is 15.4 Å². The van der Waals surface area contributed by atoms with E-state index < -0.39 is 0 Å². The fourth-order valence-corrected chi connectivity index (χ4v) is 3.12. The van der Waals surface area contributed by atoms with E-state index in [4.69, 9.17) is 0 Å². The van der Waals surface area contributed by atoms with Crippen LogP contribution in [-0.4, -0.2) is 20.5 Å². The van der Waals surface area contributed by atoms with Crippen molar-refractivity contribution < 1.29 is 4.79 Å². The van der Waals surface area contributed by atoms with E-state index >= 15 is 0 Å². The van der Waals surface area contributed by atoms with Gasteiger partial charge in [-0.1, -0.05) is 60.7 Å². The Morgan fingerprint density at radius 3 is 2.41 bits per heavy atom. The van der Waals surface area contributed by atoms with Crippen LogP contribution < -0.4 is 5.32 Å². The summed E-state index contributed by atoms with van der Waals surface area (Å²) >= 11 is 0. The van der Waals surface area contributed by atoms with E-state index in [1.807, 2.05) is 80.6 Å². The topological polar surface area (TPSA) is 59.3 Å². The second-order valence-electron chi connectivity index (χ2n) is 6.53. The first-order chi connectivity index (χ1) is 13.1. The molecule has 0 bridgehead atoms. The Morgan fingerprint density at radius 2 is 1.70 bits per heavy atom. The molecule has 1 unspecified atom stereocenters. The van der Waals surface area contributed by atoms with E-state index in [0.717, 1.165) is 28.2 Å². The highest BCUT2D eigenvalue weighted by Crippen LogP contribution is 2.21. The highest BCUT2D eigenvalue weighted by Gasteiger charge is 2.17. The molecule has 0 saturated carbocycles. The van der Waals surface area contributed by atoms with Crippen LogP contribution in [0.15, 0.2) is 72.9 Å². The number of rotatable bonds is 4. The molecule has 1 N–H and O–H groups in total. The Labute approximate surface area is 157 Å².